The monoisotopic (exact) mass is 304 g/mol. The largest absolute Gasteiger partial charge is 0.483 e. The Kier molecular flexibility index (Phi) is 3.24. The highest BCUT2D eigenvalue weighted by atomic mass is 16.6. The predicted molar refractivity (Wildman–Crippen MR) is 76.3 cm³/mol. The van der Waals surface area contributed by atoms with Gasteiger partial charge in [0, 0.05) is 6.61 Å². The van der Waals surface area contributed by atoms with Crippen LogP contribution in [0.1, 0.15) is 16.8 Å². The molecule has 2 saturated heterocycles. The number of aromatic nitrogens is 2. The third-order valence-corrected chi connectivity index (χ3v) is 4.03. The summed E-state index contributed by atoms with van der Waals surface area (Å²) in [5.41, 5.74) is 1.63. The third-order valence-electron chi connectivity index (χ3n) is 4.03. The van der Waals surface area contributed by atoms with Crippen molar-refractivity contribution in [1.82, 2.24) is 9.55 Å². The molecule has 3 heterocycles. The molecule has 1 atom stereocenters. The van der Waals surface area contributed by atoms with Crippen LogP contribution in [0.2, 0.25) is 0 Å². The lowest BCUT2D eigenvalue weighted by molar-refractivity contribution is -0.0791. The fourth-order valence-corrected chi connectivity index (χ4v) is 2.60. The zero-order valence-electron chi connectivity index (χ0n) is 11.9. The number of carboxylic acid groups (broad SMARTS) is 1. The van der Waals surface area contributed by atoms with Crippen molar-refractivity contribution in [1.29, 1.82) is 0 Å². The summed E-state index contributed by atoms with van der Waals surface area (Å²) in [5, 5.41) is 9.31. The molecular weight excluding hydrogens is 288 g/mol. The van der Waals surface area contributed by atoms with Gasteiger partial charge in [0.25, 0.3) is 0 Å². The van der Waals surface area contributed by atoms with E-state index in [4.69, 9.17) is 14.2 Å². The number of ether oxygens (including phenoxy) is 3. The molecular formula is C15H16N2O5. The molecule has 0 saturated carbocycles. The van der Waals surface area contributed by atoms with E-state index < -0.39 is 5.97 Å². The van der Waals surface area contributed by atoms with E-state index >= 15 is 0 Å². The lowest BCUT2D eigenvalue weighted by Gasteiger charge is -2.27. The van der Waals surface area contributed by atoms with Crippen LogP contribution in [0.3, 0.4) is 0 Å². The minimum Gasteiger partial charge on any atom is -0.483 e. The van der Waals surface area contributed by atoms with Gasteiger partial charge in [-0.2, -0.15) is 0 Å². The quantitative estimate of drug-likeness (QED) is 0.896. The first kappa shape index (κ1) is 13.5. The molecule has 2 aliphatic heterocycles. The van der Waals surface area contributed by atoms with Crippen LogP contribution in [-0.4, -0.2) is 52.7 Å². The van der Waals surface area contributed by atoms with Crippen molar-refractivity contribution in [3.63, 3.8) is 0 Å². The maximum absolute atomic E-state index is 11.4. The molecule has 116 valence electrons. The number of benzene rings is 1. The molecule has 2 aromatic rings. The topological polar surface area (TPSA) is 82.8 Å². The molecule has 1 aromatic heterocycles. The Balaban J connectivity index is 1.73. The number of fused-ring (bicyclic) bond motifs is 1. The normalized spacial score (nSPS) is 21.4. The van der Waals surface area contributed by atoms with Gasteiger partial charge in [-0.3, -0.25) is 0 Å². The van der Waals surface area contributed by atoms with Crippen molar-refractivity contribution in [2.24, 2.45) is 0 Å². The minimum absolute atomic E-state index is 0.0349. The van der Waals surface area contributed by atoms with E-state index in [9.17, 15) is 9.90 Å². The fourth-order valence-electron chi connectivity index (χ4n) is 2.60. The summed E-state index contributed by atoms with van der Waals surface area (Å²) in [7, 11) is 0. The summed E-state index contributed by atoms with van der Waals surface area (Å²) in [5.74, 6) is -0.485. The van der Waals surface area contributed by atoms with Gasteiger partial charge in [-0.15, -0.1) is 0 Å². The van der Waals surface area contributed by atoms with Crippen LogP contribution in [0.5, 0.6) is 5.75 Å². The van der Waals surface area contributed by atoms with E-state index in [1.54, 1.807) is 12.4 Å². The summed E-state index contributed by atoms with van der Waals surface area (Å²) in [6.07, 6.45) is 2.87. The van der Waals surface area contributed by atoms with Crippen molar-refractivity contribution in [3.8, 4) is 5.75 Å². The van der Waals surface area contributed by atoms with Crippen LogP contribution in [-0.2, 0) is 16.0 Å². The van der Waals surface area contributed by atoms with Gasteiger partial charge >= 0.3 is 5.97 Å². The van der Waals surface area contributed by atoms with E-state index in [0.29, 0.717) is 31.0 Å². The summed E-state index contributed by atoms with van der Waals surface area (Å²) in [4.78, 5) is 15.7. The van der Waals surface area contributed by atoms with Crippen molar-refractivity contribution in [3.05, 3.63) is 24.0 Å². The number of hydrogen-bond donors (Lipinski definition) is 1. The summed E-state index contributed by atoms with van der Waals surface area (Å²) in [6.45, 7) is 2.50. The van der Waals surface area contributed by atoms with Crippen LogP contribution in [0.15, 0.2) is 18.5 Å². The van der Waals surface area contributed by atoms with Gasteiger partial charge in [0.1, 0.15) is 17.4 Å². The number of hydrogen-bond acceptors (Lipinski definition) is 5. The molecule has 22 heavy (non-hydrogen) atoms. The highest BCUT2D eigenvalue weighted by Crippen LogP contribution is 2.29. The summed E-state index contributed by atoms with van der Waals surface area (Å²) >= 11 is 0. The molecule has 1 N–H and O–H groups in total. The van der Waals surface area contributed by atoms with E-state index in [1.807, 2.05) is 4.57 Å². The molecule has 7 nitrogen and oxygen atoms in total. The van der Waals surface area contributed by atoms with Crippen molar-refractivity contribution < 1.29 is 24.1 Å². The number of carboxylic acids is 1. The Bertz CT molecular complexity index is 718. The molecule has 2 fully saturated rings. The molecule has 4 rings (SSSR count). The zero-order valence-corrected chi connectivity index (χ0v) is 11.9. The summed E-state index contributed by atoms with van der Waals surface area (Å²) in [6, 6.07) is 3.16. The fraction of sp³-hybridized carbons (Fsp3) is 0.467. The Morgan fingerprint density at radius 1 is 1.45 bits per heavy atom. The van der Waals surface area contributed by atoms with Crippen molar-refractivity contribution >= 4 is 17.0 Å². The Morgan fingerprint density at radius 2 is 2.27 bits per heavy atom. The van der Waals surface area contributed by atoms with Crippen LogP contribution >= 0.6 is 0 Å². The standard InChI is InChI=1S/C15H16N2O5/c18-15(19)9-3-12-14(13(4-9)22-11-6-20-7-11)16-8-17(12)5-10-1-2-21-10/h3-4,8,10-11H,1-2,5-7H2,(H,18,19)/t10-/m0/s1. The number of carbonyl (C=O) groups is 1. The van der Waals surface area contributed by atoms with E-state index in [2.05, 4.69) is 4.98 Å². The van der Waals surface area contributed by atoms with Gasteiger partial charge in [0.2, 0.25) is 0 Å². The van der Waals surface area contributed by atoms with Gasteiger partial charge in [-0.1, -0.05) is 0 Å². The first-order valence-electron chi connectivity index (χ1n) is 7.29. The van der Waals surface area contributed by atoms with Gasteiger partial charge < -0.3 is 23.9 Å². The van der Waals surface area contributed by atoms with E-state index in [1.165, 1.54) is 6.07 Å². The van der Waals surface area contributed by atoms with Crippen molar-refractivity contribution in [2.75, 3.05) is 19.8 Å². The first-order chi connectivity index (χ1) is 10.7. The Hall–Kier alpha value is -2.12. The SMILES string of the molecule is O=C(O)c1cc(OC2COC2)c2ncn(C[C@@H]3CCO3)c2c1. The molecule has 2 aliphatic rings. The number of nitrogens with zero attached hydrogens (tertiary/aromatic N) is 2. The first-order valence-corrected chi connectivity index (χ1v) is 7.29. The molecule has 0 spiro atoms. The second-order valence-electron chi connectivity index (χ2n) is 5.60. The zero-order chi connectivity index (χ0) is 15.1. The number of aromatic carboxylic acids is 1. The van der Waals surface area contributed by atoms with Crippen LogP contribution in [0.4, 0.5) is 0 Å². The van der Waals surface area contributed by atoms with E-state index in [0.717, 1.165) is 18.5 Å². The van der Waals surface area contributed by atoms with Gasteiger partial charge in [0.15, 0.2) is 0 Å². The maximum Gasteiger partial charge on any atom is 0.335 e. The number of rotatable bonds is 5. The third kappa shape index (κ3) is 2.32. The highest BCUT2D eigenvalue weighted by molar-refractivity contribution is 5.95. The second kappa shape index (κ2) is 5.26. The second-order valence-corrected chi connectivity index (χ2v) is 5.60. The molecule has 0 aliphatic carbocycles. The molecule has 0 radical (unpaired) electrons. The average molecular weight is 304 g/mol. The molecule has 0 unspecified atom stereocenters. The molecule has 0 amide bonds. The maximum atomic E-state index is 11.4. The van der Waals surface area contributed by atoms with Crippen LogP contribution in [0.25, 0.3) is 11.0 Å². The molecule has 1 aromatic carbocycles. The molecule has 0 bridgehead atoms. The van der Waals surface area contributed by atoms with Gasteiger partial charge in [-0.25, -0.2) is 9.78 Å². The molecule has 7 heteroatoms. The lowest BCUT2D eigenvalue weighted by atomic mass is 10.1. The lowest BCUT2D eigenvalue weighted by Crippen LogP contribution is -2.38. The minimum atomic E-state index is -0.982. The highest BCUT2D eigenvalue weighted by Gasteiger charge is 2.24. The Morgan fingerprint density at radius 3 is 2.86 bits per heavy atom. The Labute approximate surface area is 126 Å². The van der Waals surface area contributed by atoms with Crippen molar-refractivity contribution in [2.45, 2.75) is 25.2 Å². The number of imidazole rings is 1. The predicted octanol–water partition coefficient (Wildman–Crippen LogP) is 1.30. The smallest absolute Gasteiger partial charge is 0.335 e. The van der Waals surface area contributed by atoms with Gasteiger partial charge in [-0.05, 0) is 18.6 Å². The van der Waals surface area contributed by atoms with Crippen LogP contribution < -0.4 is 4.74 Å². The van der Waals surface area contributed by atoms with E-state index in [-0.39, 0.29) is 17.8 Å². The van der Waals surface area contributed by atoms with Crippen LogP contribution in [0, 0.1) is 0 Å². The average Bonchev–Trinajstić information content (AvgIpc) is 2.81. The summed E-state index contributed by atoms with van der Waals surface area (Å²) < 4.78 is 18.3. The van der Waals surface area contributed by atoms with Gasteiger partial charge in [0.05, 0.1) is 43.3 Å².